The summed E-state index contributed by atoms with van der Waals surface area (Å²) in [5.41, 5.74) is 1.83. The highest BCUT2D eigenvalue weighted by molar-refractivity contribution is 5.76. The lowest BCUT2D eigenvalue weighted by Gasteiger charge is -2.05. The van der Waals surface area contributed by atoms with E-state index in [9.17, 15) is 4.39 Å². The molecule has 90 valence electrons. The van der Waals surface area contributed by atoms with E-state index in [0.29, 0.717) is 11.5 Å². The standard InChI is InChI=1S/C14H11FN2O/c1-9-16-13-7-6-12(8-14(13)17-9)18-11-4-2-10(15)3-5-11/h2-8H,1H3,(H,16,17). The smallest absolute Gasteiger partial charge is 0.129 e. The molecule has 1 heterocycles. The second-order valence-corrected chi connectivity index (χ2v) is 4.06. The number of imidazole rings is 1. The molecule has 0 saturated carbocycles. The molecule has 1 aromatic heterocycles. The lowest BCUT2D eigenvalue weighted by molar-refractivity contribution is 0.481. The molecule has 3 rings (SSSR count). The van der Waals surface area contributed by atoms with Gasteiger partial charge in [-0.25, -0.2) is 9.37 Å². The van der Waals surface area contributed by atoms with Gasteiger partial charge in [0.2, 0.25) is 0 Å². The number of halogens is 1. The average Bonchev–Trinajstić information content (AvgIpc) is 2.71. The fraction of sp³-hybridized carbons (Fsp3) is 0.0714. The van der Waals surface area contributed by atoms with E-state index in [2.05, 4.69) is 9.97 Å². The highest BCUT2D eigenvalue weighted by Gasteiger charge is 2.02. The van der Waals surface area contributed by atoms with Crippen LogP contribution in [0.25, 0.3) is 11.0 Å². The third-order valence-corrected chi connectivity index (χ3v) is 2.62. The number of aromatic nitrogens is 2. The fourth-order valence-corrected chi connectivity index (χ4v) is 1.82. The molecule has 0 bridgehead atoms. The summed E-state index contributed by atoms with van der Waals surface area (Å²) in [6.07, 6.45) is 0. The molecule has 0 unspecified atom stereocenters. The summed E-state index contributed by atoms with van der Waals surface area (Å²) in [6, 6.07) is 11.5. The number of benzene rings is 2. The number of fused-ring (bicyclic) bond motifs is 1. The van der Waals surface area contributed by atoms with E-state index in [1.807, 2.05) is 25.1 Å². The Kier molecular flexibility index (Phi) is 2.48. The third kappa shape index (κ3) is 2.05. The molecule has 3 nitrogen and oxygen atoms in total. The lowest BCUT2D eigenvalue weighted by atomic mass is 10.3. The summed E-state index contributed by atoms with van der Waals surface area (Å²) in [5, 5.41) is 0. The van der Waals surface area contributed by atoms with Crippen molar-refractivity contribution in [2.45, 2.75) is 6.92 Å². The van der Waals surface area contributed by atoms with Crippen LogP contribution in [0.5, 0.6) is 11.5 Å². The van der Waals surface area contributed by atoms with Crippen LogP contribution in [0.3, 0.4) is 0 Å². The van der Waals surface area contributed by atoms with E-state index in [0.717, 1.165) is 16.9 Å². The predicted molar refractivity (Wildman–Crippen MR) is 67.3 cm³/mol. The molecule has 3 aromatic rings. The average molecular weight is 242 g/mol. The second kappa shape index (κ2) is 4.14. The van der Waals surface area contributed by atoms with E-state index in [-0.39, 0.29) is 5.82 Å². The van der Waals surface area contributed by atoms with E-state index < -0.39 is 0 Å². The maximum atomic E-state index is 12.8. The van der Waals surface area contributed by atoms with Crippen molar-refractivity contribution in [1.29, 1.82) is 0 Å². The van der Waals surface area contributed by atoms with Crippen molar-refractivity contribution in [2.24, 2.45) is 0 Å². The van der Waals surface area contributed by atoms with Gasteiger partial charge in [0.15, 0.2) is 0 Å². The van der Waals surface area contributed by atoms with Gasteiger partial charge in [-0.2, -0.15) is 0 Å². The van der Waals surface area contributed by atoms with Crippen LogP contribution in [0.1, 0.15) is 5.82 Å². The van der Waals surface area contributed by atoms with Crippen molar-refractivity contribution in [3.8, 4) is 11.5 Å². The number of ether oxygens (including phenoxy) is 1. The van der Waals surface area contributed by atoms with Crippen molar-refractivity contribution in [3.63, 3.8) is 0 Å². The maximum absolute atomic E-state index is 12.8. The molecule has 0 aliphatic rings. The van der Waals surface area contributed by atoms with Crippen LogP contribution >= 0.6 is 0 Å². The van der Waals surface area contributed by atoms with Crippen molar-refractivity contribution in [1.82, 2.24) is 9.97 Å². The van der Waals surface area contributed by atoms with Gasteiger partial charge in [0.25, 0.3) is 0 Å². The Labute approximate surface area is 103 Å². The van der Waals surface area contributed by atoms with Crippen molar-refractivity contribution in [2.75, 3.05) is 0 Å². The van der Waals surface area contributed by atoms with Gasteiger partial charge in [-0.15, -0.1) is 0 Å². The number of nitrogens with zero attached hydrogens (tertiary/aromatic N) is 1. The van der Waals surface area contributed by atoms with Gasteiger partial charge in [-0.3, -0.25) is 0 Å². The van der Waals surface area contributed by atoms with Crippen LogP contribution in [-0.2, 0) is 0 Å². The number of H-pyrrole nitrogens is 1. The highest BCUT2D eigenvalue weighted by atomic mass is 19.1. The third-order valence-electron chi connectivity index (χ3n) is 2.62. The Morgan fingerprint density at radius 3 is 2.56 bits per heavy atom. The first-order valence-electron chi connectivity index (χ1n) is 5.60. The number of hydrogen-bond donors (Lipinski definition) is 1. The van der Waals surface area contributed by atoms with Gasteiger partial charge in [-0.05, 0) is 43.3 Å². The van der Waals surface area contributed by atoms with E-state index in [1.165, 1.54) is 12.1 Å². The molecule has 0 spiro atoms. The van der Waals surface area contributed by atoms with Crippen LogP contribution in [0, 0.1) is 12.7 Å². The zero-order valence-corrected chi connectivity index (χ0v) is 9.77. The van der Waals surface area contributed by atoms with E-state index in [1.54, 1.807) is 12.1 Å². The summed E-state index contributed by atoms with van der Waals surface area (Å²) in [7, 11) is 0. The first kappa shape index (κ1) is 10.8. The molecule has 0 saturated heterocycles. The Bertz CT molecular complexity index is 689. The van der Waals surface area contributed by atoms with Crippen molar-refractivity contribution in [3.05, 3.63) is 54.1 Å². The molecule has 0 atom stereocenters. The highest BCUT2D eigenvalue weighted by Crippen LogP contribution is 2.24. The topological polar surface area (TPSA) is 37.9 Å². The summed E-state index contributed by atoms with van der Waals surface area (Å²) in [5.74, 6) is 1.88. The Morgan fingerprint density at radius 1 is 1.06 bits per heavy atom. The summed E-state index contributed by atoms with van der Waals surface area (Å²) >= 11 is 0. The minimum atomic E-state index is -0.276. The SMILES string of the molecule is Cc1nc2ccc(Oc3ccc(F)cc3)cc2[nH]1. The first-order chi connectivity index (χ1) is 8.70. The minimum absolute atomic E-state index is 0.276. The van der Waals surface area contributed by atoms with Gasteiger partial charge in [0.05, 0.1) is 11.0 Å². The largest absolute Gasteiger partial charge is 0.457 e. The van der Waals surface area contributed by atoms with Crippen molar-refractivity contribution >= 4 is 11.0 Å². The minimum Gasteiger partial charge on any atom is -0.457 e. The Hall–Kier alpha value is -2.36. The van der Waals surface area contributed by atoms with E-state index >= 15 is 0 Å². The van der Waals surface area contributed by atoms with Gasteiger partial charge in [0.1, 0.15) is 23.1 Å². The molecule has 1 N–H and O–H groups in total. The number of rotatable bonds is 2. The Balaban J connectivity index is 1.92. The molecule has 0 aliphatic carbocycles. The van der Waals surface area contributed by atoms with Crippen LogP contribution in [0.4, 0.5) is 4.39 Å². The summed E-state index contributed by atoms with van der Waals surface area (Å²) < 4.78 is 18.4. The van der Waals surface area contributed by atoms with Gasteiger partial charge in [-0.1, -0.05) is 0 Å². The van der Waals surface area contributed by atoms with Crippen LogP contribution in [0.15, 0.2) is 42.5 Å². The molecule has 2 aromatic carbocycles. The lowest BCUT2D eigenvalue weighted by Crippen LogP contribution is -1.84. The monoisotopic (exact) mass is 242 g/mol. The molecule has 0 amide bonds. The number of aryl methyl sites for hydroxylation is 1. The molecular formula is C14H11FN2O. The zero-order chi connectivity index (χ0) is 12.5. The van der Waals surface area contributed by atoms with E-state index in [4.69, 9.17) is 4.74 Å². The maximum Gasteiger partial charge on any atom is 0.129 e. The first-order valence-corrected chi connectivity index (χ1v) is 5.60. The normalized spacial score (nSPS) is 10.8. The second-order valence-electron chi connectivity index (χ2n) is 4.06. The van der Waals surface area contributed by atoms with Gasteiger partial charge < -0.3 is 9.72 Å². The van der Waals surface area contributed by atoms with Crippen LogP contribution in [-0.4, -0.2) is 9.97 Å². The zero-order valence-electron chi connectivity index (χ0n) is 9.77. The molecule has 4 heteroatoms. The van der Waals surface area contributed by atoms with Gasteiger partial charge >= 0.3 is 0 Å². The number of hydrogen-bond acceptors (Lipinski definition) is 2. The number of aromatic amines is 1. The predicted octanol–water partition coefficient (Wildman–Crippen LogP) is 3.80. The quantitative estimate of drug-likeness (QED) is 0.742. The fourth-order valence-electron chi connectivity index (χ4n) is 1.82. The summed E-state index contributed by atoms with van der Waals surface area (Å²) in [6.45, 7) is 1.90. The number of nitrogens with one attached hydrogen (secondary N) is 1. The molecule has 0 aliphatic heterocycles. The van der Waals surface area contributed by atoms with Crippen molar-refractivity contribution < 1.29 is 9.13 Å². The van der Waals surface area contributed by atoms with Crippen LogP contribution in [0.2, 0.25) is 0 Å². The Morgan fingerprint density at radius 2 is 1.78 bits per heavy atom. The molecular weight excluding hydrogens is 231 g/mol. The molecule has 0 radical (unpaired) electrons. The molecule has 18 heavy (non-hydrogen) atoms. The van der Waals surface area contributed by atoms with Crippen LogP contribution < -0.4 is 4.74 Å². The summed E-state index contributed by atoms with van der Waals surface area (Å²) in [4.78, 5) is 7.45. The van der Waals surface area contributed by atoms with Gasteiger partial charge in [0, 0.05) is 6.07 Å². The molecule has 0 fully saturated rings.